The number of carbonyl (C=O) groups is 1. The highest BCUT2D eigenvalue weighted by atomic mass is 16.5. The van der Waals surface area contributed by atoms with Crippen LogP contribution >= 0.6 is 0 Å². The third-order valence-corrected chi connectivity index (χ3v) is 6.31. The maximum atomic E-state index is 12.6. The Morgan fingerprint density at radius 2 is 1.75 bits per heavy atom. The molecule has 4 rings (SSSR count). The molecule has 4 unspecified atom stereocenters. The highest BCUT2D eigenvalue weighted by Crippen LogP contribution is 2.27. The van der Waals surface area contributed by atoms with Crippen LogP contribution in [-0.4, -0.2) is 91.8 Å². The highest BCUT2D eigenvalue weighted by Gasteiger charge is 2.46. The summed E-state index contributed by atoms with van der Waals surface area (Å²) >= 11 is 0. The smallest absolute Gasteiger partial charge is 0.251 e. The molecule has 0 spiro atoms. The number of benzene rings is 2. The van der Waals surface area contributed by atoms with Crippen molar-refractivity contribution in [2.45, 2.75) is 24.4 Å². The molecule has 0 saturated carbocycles. The van der Waals surface area contributed by atoms with Crippen molar-refractivity contribution in [3.05, 3.63) is 60.2 Å². The Hall–Kier alpha value is -2.65. The van der Waals surface area contributed by atoms with Gasteiger partial charge in [-0.1, -0.05) is 18.2 Å². The van der Waals surface area contributed by atoms with Gasteiger partial charge in [0.25, 0.3) is 5.91 Å². The van der Waals surface area contributed by atoms with Crippen LogP contribution in [0.5, 0.6) is 5.75 Å². The second-order valence-corrected chi connectivity index (χ2v) is 8.17. The predicted octanol–water partition coefficient (Wildman–Crippen LogP) is 0.736. The number of nitrogens with zero attached hydrogens (tertiary/aromatic N) is 2. The fraction of sp³-hybridized carbons (Fsp3) is 0.458. The maximum absolute atomic E-state index is 12.6. The van der Waals surface area contributed by atoms with E-state index < -0.39 is 18.3 Å². The number of hydrogen-bond acceptors (Lipinski definition) is 7. The van der Waals surface area contributed by atoms with Gasteiger partial charge in [0, 0.05) is 44.0 Å². The van der Waals surface area contributed by atoms with Gasteiger partial charge < -0.3 is 29.9 Å². The van der Waals surface area contributed by atoms with Crippen molar-refractivity contribution >= 4 is 11.6 Å². The highest BCUT2D eigenvalue weighted by molar-refractivity contribution is 5.94. The number of piperazine rings is 1. The number of methoxy groups -OCH3 is 1. The molecule has 4 atom stereocenters. The third kappa shape index (κ3) is 4.88. The SMILES string of the molecule is COc1ccc(C(=O)NCC2OC(CO)C(O)C2N2CCN(c3ccccc3)CC2)cc1. The van der Waals surface area contributed by atoms with E-state index in [1.54, 1.807) is 31.4 Å². The fourth-order valence-electron chi connectivity index (χ4n) is 4.55. The second kappa shape index (κ2) is 10.3. The van der Waals surface area contributed by atoms with Gasteiger partial charge in [0.1, 0.15) is 18.0 Å². The molecule has 8 nitrogen and oxygen atoms in total. The quantitative estimate of drug-likeness (QED) is 0.583. The molecule has 2 saturated heterocycles. The van der Waals surface area contributed by atoms with Crippen molar-refractivity contribution in [1.82, 2.24) is 10.2 Å². The van der Waals surface area contributed by atoms with E-state index in [1.165, 1.54) is 5.69 Å². The van der Waals surface area contributed by atoms with E-state index in [-0.39, 0.29) is 25.1 Å². The fourth-order valence-corrected chi connectivity index (χ4v) is 4.55. The lowest BCUT2D eigenvalue weighted by atomic mass is 10.0. The average Bonchev–Trinajstić information content (AvgIpc) is 3.18. The number of anilines is 1. The van der Waals surface area contributed by atoms with Crippen molar-refractivity contribution in [2.75, 3.05) is 51.3 Å². The lowest BCUT2D eigenvalue weighted by Crippen LogP contribution is -2.57. The first-order valence-corrected chi connectivity index (χ1v) is 11.0. The van der Waals surface area contributed by atoms with E-state index in [1.807, 2.05) is 18.2 Å². The number of para-hydroxylation sites is 1. The zero-order valence-corrected chi connectivity index (χ0v) is 18.3. The molecule has 0 aromatic heterocycles. The number of rotatable bonds is 7. The van der Waals surface area contributed by atoms with E-state index >= 15 is 0 Å². The van der Waals surface area contributed by atoms with Crippen molar-refractivity contribution in [3.8, 4) is 5.75 Å². The van der Waals surface area contributed by atoms with Crippen molar-refractivity contribution in [3.63, 3.8) is 0 Å². The van der Waals surface area contributed by atoms with E-state index in [9.17, 15) is 15.0 Å². The number of hydrogen-bond donors (Lipinski definition) is 3. The summed E-state index contributed by atoms with van der Waals surface area (Å²) in [6, 6.07) is 16.9. The maximum Gasteiger partial charge on any atom is 0.251 e. The number of aliphatic hydroxyl groups excluding tert-OH is 2. The van der Waals surface area contributed by atoms with Crippen LogP contribution in [0.25, 0.3) is 0 Å². The van der Waals surface area contributed by atoms with Gasteiger partial charge in [-0.3, -0.25) is 9.69 Å². The third-order valence-electron chi connectivity index (χ3n) is 6.31. The molecule has 2 aliphatic heterocycles. The first-order valence-electron chi connectivity index (χ1n) is 11.0. The lowest BCUT2D eigenvalue weighted by molar-refractivity contribution is -0.0209. The van der Waals surface area contributed by atoms with Crippen molar-refractivity contribution < 1.29 is 24.5 Å². The van der Waals surface area contributed by atoms with Crippen LogP contribution in [-0.2, 0) is 4.74 Å². The first kappa shape index (κ1) is 22.5. The standard InChI is InChI=1S/C24H31N3O5/c1-31-19-9-7-17(8-10-19)24(30)25-15-20-22(23(29)21(16-28)32-20)27-13-11-26(12-14-27)18-5-3-2-4-6-18/h2-10,20-23,28-29H,11-16H2,1H3,(H,25,30). The van der Waals surface area contributed by atoms with E-state index in [2.05, 4.69) is 27.2 Å². The zero-order chi connectivity index (χ0) is 22.5. The Bertz CT molecular complexity index is 871. The summed E-state index contributed by atoms with van der Waals surface area (Å²) in [5.41, 5.74) is 1.71. The van der Waals surface area contributed by atoms with Gasteiger partial charge in [0.05, 0.1) is 25.9 Å². The zero-order valence-electron chi connectivity index (χ0n) is 18.3. The van der Waals surface area contributed by atoms with Gasteiger partial charge in [-0.05, 0) is 36.4 Å². The lowest BCUT2D eigenvalue weighted by Gasteiger charge is -2.41. The Balaban J connectivity index is 1.38. The molecule has 2 aromatic carbocycles. The average molecular weight is 442 g/mol. The van der Waals surface area contributed by atoms with Gasteiger partial charge in [0.15, 0.2) is 0 Å². The molecule has 3 N–H and O–H groups in total. The van der Waals surface area contributed by atoms with Gasteiger partial charge in [0.2, 0.25) is 0 Å². The summed E-state index contributed by atoms with van der Waals surface area (Å²) in [6.07, 6.45) is -1.88. The largest absolute Gasteiger partial charge is 0.497 e. The molecule has 172 valence electrons. The molecule has 2 fully saturated rings. The topological polar surface area (TPSA) is 94.5 Å². The van der Waals surface area contributed by atoms with Gasteiger partial charge in [-0.25, -0.2) is 0 Å². The molecule has 2 aliphatic rings. The van der Waals surface area contributed by atoms with Crippen LogP contribution < -0.4 is 15.0 Å². The molecular formula is C24H31N3O5. The first-order chi connectivity index (χ1) is 15.6. The van der Waals surface area contributed by atoms with Crippen LogP contribution in [0.1, 0.15) is 10.4 Å². The normalized spacial score (nSPS) is 26.2. The predicted molar refractivity (Wildman–Crippen MR) is 121 cm³/mol. The second-order valence-electron chi connectivity index (χ2n) is 8.17. The summed E-state index contributed by atoms with van der Waals surface area (Å²) in [4.78, 5) is 17.1. The molecule has 0 radical (unpaired) electrons. The molecular weight excluding hydrogens is 410 g/mol. The molecule has 2 heterocycles. The van der Waals surface area contributed by atoms with Crippen molar-refractivity contribution in [2.24, 2.45) is 0 Å². The summed E-state index contributed by atoms with van der Waals surface area (Å²) in [5.74, 6) is 0.468. The number of aliphatic hydroxyl groups is 2. The van der Waals surface area contributed by atoms with E-state index in [0.29, 0.717) is 11.3 Å². The summed E-state index contributed by atoms with van der Waals surface area (Å²) in [7, 11) is 1.58. The summed E-state index contributed by atoms with van der Waals surface area (Å²) in [6.45, 7) is 3.19. The number of nitrogens with one attached hydrogen (secondary N) is 1. The molecule has 0 bridgehead atoms. The van der Waals surface area contributed by atoms with Crippen LogP contribution in [0.2, 0.25) is 0 Å². The van der Waals surface area contributed by atoms with Crippen LogP contribution in [0.15, 0.2) is 54.6 Å². The Labute approximate surface area is 188 Å². The number of ether oxygens (including phenoxy) is 2. The van der Waals surface area contributed by atoms with E-state index in [4.69, 9.17) is 9.47 Å². The van der Waals surface area contributed by atoms with Crippen LogP contribution in [0.4, 0.5) is 5.69 Å². The van der Waals surface area contributed by atoms with Gasteiger partial charge in [-0.2, -0.15) is 0 Å². The molecule has 1 amide bonds. The summed E-state index contributed by atoms with van der Waals surface area (Å²) < 4.78 is 11.1. The minimum atomic E-state index is -0.814. The van der Waals surface area contributed by atoms with Crippen LogP contribution in [0.3, 0.4) is 0 Å². The minimum absolute atomic E-state index is 0.217. The minimum Gasteiger partial charge on any atom is -0.497 e. The Morgan fingerprint density at radius 1 is 1.06 bits per heavy atom. The summed E-state index contributed by atoms with van der Waals surface area (Å²) in [5, 5.41) is 23.4. The number of carbonyl (C=O) groups excluding carboxylic acids is 1. The Kier molecular flexibility index (Phi) is 7.26. The monoisotopic (exact) mass is 441 g/mol. The number of amides is 1. The van der Waals surface area contributed by atoms with Crippen molar-refractivity contribution in [1.29, 1.82) is 0 Å². The van der Waals surface area contributed by atoms with Crippen LogP contribution in [0, 0.1) is 0 Å². The van der Waals surface area contributed by atoms with Gasteiger partial charge >= 0.3 is 0 Å². The molecule has 8 heteroatoms. The molecule has 32 heavy (non-hydrogen) atoms. The Morgan fingerprint density at radius 3 is 2.38 bits per heavy atom. The van der Waals surface area contributed by atoms with Gasteiger partial charge in [-0.15, -0.1) is 0 Å². The van der Waals surface area contributed by atoms with E-state index in [0.717, 1.165) is 26.2 Å². The molecule has 0 aliphatic carbocycles. The molecule has 2 aromatic rings.